The molecule has 0 spiro atoms. The van der Waals surface area contributed by atoms with Gasteiger partial charge in [-0.15, -0.1) is 0 Å². The van der Waals surface area contributed by atoms with E-state index in [0.29, 0.717) is 12.4 Å². The van der Waals surface area contributed by atoms with Crippen molar-refractivity contribution >= 4 is 32.2 Å². The predicted octanol–water partition coefficient (Wildman–Crippen LogP) is -0.0455. The lowest BCUT2D eigenvalue weighted by Crippen LogP contribution is -2.56. The molecule has 1 aromatic carbocycles. The number of carbonyl (C=O) groups is 3. The summed E-state index contributed by atoms with van der Waals surface area (Å²) in [6, 6.07) is 4.57. The molecule has 3 atom stereocenters. The maximum Gasteiger partial charge on any atom is 0.330 e. The largest absolute Gasteiger partial charge is 0.560 e. The van der Waals surface area contributed by atoms with Crippen LogP contribution < -0.4 is 15.4 Å². The van der Waals surface area contributed by atoms with Gasteiger partial charge in [0.25, 0.3) is 0 Å². The number of nitrogens with one attached hydrogen (secondary N) is 2. The van der Waals surface area contributed by atoms with Crippen LogP contribution in [0.15, 0.2) is 41.4 Å². The third-order valence-corrected chi connectivity index (χ3v) is 5.06. The highest BCUT2D eigenvalue weighted by Gasteiger charge is 2.31. The van der Waals surface area contributed by atoms with Gasteiger partial charge < -0.3 is 29.5 Å². The van der Waals surface area contributed by atoms with E-state index in [-0.39, 0.29) is 25.6 Å². The normalized spacial score (nSPS) is 22.8. The average molecular weight is 473 g/mol. The molecule has 0 unspecified atom stereocenters. The number of nitrogens with zero attached hydrogens (tertiary/aromatic N) is 1. The van der Waals surface area contributed by atoms with E-state index in [2.05, 4.69) is 15.6 Å². The van der Waals surface area contributed by atoms with E-state index in [9.17, 15) is 14.4 Å². The average Bonchev–Trinajstić information content (AvgIpc) is 2.83. The van der Waals surface area contributed by atoms with Gasteiger partial charge in [-0.25, -0.2) is 9.79 Å². The van der Waals surface area contributed by atoms with Crippen molar-refractivity contribution in [2.45, 2.75) is 38.4 Å². The molecule has 34 heavy (non-hydrogen) atoms. The molecule has 2 N–H and O–H groups in total. The number of hydrogen-bond donors (Lipinski definition) is 2. The van der Waals surface area contributed by atoms with Crippen LogP contribution in [0.2, 0.25) is 0 Å². The Balaban J connectivity index is 2.32. The van der Waals surface area contributed by atoms with Crippen molar-refractivity contribution in [3.05, 3.63) is 42.0 Å². The maximum atomic E-state index is 13.1. The molecule has 2 aliphatic heterocycles. The van der Waals surface area contributed by atoms with E-state index in [1.165, 1.54) is 21.6 Å². The minimum atomic E-state index is -1.03. The monoisotopic (exact) mass is 473 g/mol. The summed E-state index contributed by atoms with van der Waals surface area (Å²) >= 11 is 0. The van der Waals surface area contributed by atoms with Crippen LogP contribution in [0, 0.1) is 5.92 Å². The number of fused-ring (bicyclic) bond motifs is 15. The second-order valence-corrected chi connectivity index (χ2v) is 7.99. The Morgan fingerprint density at radius 2 is 1.85 bits per heavy atom. The van der Waals surface area contributed by atoms with Gasteiger partial charge in [0.05, 0.1) is 20.3 Å². The fourth-order valence-electron chi connectivity index (χ4n) is 3.18. The summed E-state index contributed by atoms with van der Waals surface area (Å²) in [6.07, 6.45) is 5.03. The molecule has 2 heterocycles. The molecule has 0 radical (unpaired) electrons. The van der Waals surface area contributed by atoms with E-state index in [1.54, 1.807) is 26.0 Å². The molecular weight excluding hydrogens is 441 g/mol. The Bertz CT molecular complexity index is 874. The van der Waals surface area contributed by atoms with Crippen molar-refractivity contribution in [3.63, 3.8) is 0 Å². The molecule has 1 aromatic rings. The molecule has 0 saturated carbocycles. The zero-order valence-corrected chi connectivity index (χ0v) is 20.0. The standard InChI is InChI=1S/C23H32BN3O7/c1-15(2)20-22(29)26-19(23(30)31-3)13-32-10-4-5-11-33-17-8-6-16(7-9-17)12-18(21(28)27-20)25-14-34-24/h4-9,14-15,18-20H,10-13,24H2,1-3H3,(H,26,29)(H,27,28)/t18-,19-,20-/m0/s1. The van der Waals surface area contributed by atoms with E-state index in [1.807, 2.05) is 24.3 Å². The Labute approximate surface area is 200 Å². The molecule has 11 heteroatoms. The van der Waals surface area contributed by atoms with Gasteiger partial charge in [-0.2, -0.15) is 0 Å². The van der Waals surface area contributed by atoms with Crippen molar-refractivity contribution in [2.75, 3.05) is 26.9 Å². The fraction of sp³-hybridized carbons (Fsp3) is 0.478. The molecule has 2 aliphatic rings. The Kier molecular flexibility index (Phi) is 11.1. The van der Waals surface area contributed by atoms with Crippen molar-refractivity contribution in [2.24, 2.45) is 10.9 Å². The minimum Gasteiger partial charge on any atom is -0.560 e. The molecule has 2 bridgehead atoms. The second-order valence-electron chi connectivity index (χ2n) is 7.99. The molecule has 0 aliphatic carbocycles. The molecule has 0 fully saturated rings. The van der Waals surface area contributed by atoms with Crippen LogP contribution in [0.1, 0.15) is 19.4 Å². The van der Waals surface area contributed by atoms with Gasteiger partial charge in [-0.1, -0.05) is 32.1 Å². The smallest absolute Gasteiger partial charge is 0.330 e. The first-order chi connectivity index (χ1) is 16.3. The van der Waals surface area contributed by atoms with E-state index in [4.69, 9.17) is 18.9 Å². The molecule has 0 aromatic heterocycles. The molecular formula is C23H32BN3O7. The Morgan fingerprint density at radius 3 is 2.50 bits per heavy atom. The third kappa shape index (κ3) is 8.55. The van der Waals surface area contributed by atoms with Gasteiger partial charge in [0.1, 0.15) is 24.4 Å². The first-order valence-electron chi connectivity index (χ1n) is 11.0. The zero-order chi connectivity index (χ0) is 24.9. The number of esters is 1. The number of amides is 2. The lowest BCUT2D eigenvalue weighted by atomic mass is 10.0. The molecule has 10 nitrogen and oxygen atoms in total. The van der Waals surface area contributed by atoms with Crippen LogP contribution in [0.3, 0.4) is 0 Å². The summed E-state index contributed by atoms with van der Waals surface area (Å²) in [7, 11) is 2.66. The number of carbonyl (C=O) groups excluding carboxylic acids is 3. The second kappa shape index (κ2) is 14.0. The maximum absolute atomic E-state index is 13.1. The highest BCUT2D eigenvalue weighted by atomic mass is 16.5. The van der Waals surface area contributed by atoms with Gasteiger partial charge in [0.15, 0.2) is 12.4 Å². The summed E-state index contributed by atoms with van der Waals surface area (Å²) in [5.41, 5.74) is 0.860. The zero-order valence-electron chi connectivity index (χ0n) is 20.0. The first kappa shape index (κ1) is 26.9. The number of hydrogen-bond acceptors (Lipinski definition) is 8. The lowest BCUT2D eigenvalue weighted by molar-refractivity contribution is -0.147. The summed E-state index contributed by atoms with van der Waals surface area (Å²) in [4.78, 5) is 42.5. The van der Waals surface area contributed by atoms with Crippen molar-refractivity contribution in [1.29, 1.82) is 0 Å². The van der Waals surface area contributed by atoms with Crippen molar-refractivity contribution in [3.8, 4) is 5.75 Å². The van der Waals surface area contributed by atoms with E-state index in [0.717, 1.165) is 5.56 Å². The number of ether oxygens (including phenoxy) is 3. The van der Waals surface area contributed by atoms with Gasteiger partial charge >= 0.3 is 14.0 Å². The lowest BCUT2D eigenvalue weighted by Gasteiger charge is -2.25. The summed E-state index contributed by atoms with van der Waals surface area (Å²) in [5.74, 6) is -1.21. The van der Waals surface area contributed by atoms with Crippen LogP contribution in [0.25, 0.3) is 0 Å². The van der Waals surface area contributed by atoms with Crippen molar-refractivity contribution in [1.82, 2.24) is 10.6 Å². The topological polar surface area (TPSA) is 125 Å². The van der Waals surface area contributed by atoms with Crippen LogP contribution in [-0.2, 0) is 34.9 Å². The molecule has 0 saturated heterocycles. The molecule has 3 rings (SSSR count). The predicted molar refractivity (Wildman–Crippen MR) is 128 cm³/mol. The van der Waals surface area contributed by atoms with Gasteiger partial charge in [-0.3, -0.25) is 9.59 Å². The fourth-order valence-corrected chi connectivity index (χ4v) is 3.18. The van der Waals surface area contributed by atoms with E-state index < -0.39 is 35.9 Å². The van der Waals surface area contributed by atoms with Crippen LogP contribution >= 0.6 is 0 Å². The van der Waals surface area contributed by atoms with Crippen molar-refractivity contribution < 1.29 is 33.2 Å². The van der Waals surface area contributed by atoms with Crippen LogP contribution in [0.5, 0.6) is 5.75 Å². The number of aliphatic imine (C=N–C) groups is 1. The van der Waals surface area contributed by atoms with Crippen LogP contribution in [-0.4, -0.2) is 77.3 Å². The van der Waals surface area contributed by atoms with Gasteiger partial charge in [-0.05, 0) is 29.7 Å². The molecule has 184 valence electrons. The molecule has 2 amide bonds. The Hall–Kier alpha value is -3.34. The number of methoxy groups -OCH3 is 1. The van der Waals surface area contributed by atoms with Gasteiger partial charge in [0, 0.05) is 6.42 Å². The first-order valence-corrected chi connectivity index (χ1v) is 11.0. The van der Waals surface area contributed by atoms with E-state index >= 15 is 0 Å². The SMILES string of the molecule is BOC=N[C@H]1Cc2ccc(cc2)OCC=CCOC[C@@H](C(=O)OC)NC(=O)[C@H](C(C)C)NC1=O. The Morgan fingerprint density at radius 1 is 1.15 bits per heavy atom. The number of rotatable bonds is 4. The quantitative estimate of drug-likeness (QED) is 0.157. The summed E-state index contributed by atoms with van der Waals surface area (Å²) in [5, 5.41) is 5.38. The highest BCUT2D eigenvalue weighted by molar-refractivity contribution is 6.02. The third-order valence-electron chi connectivity index (χ3n) is 5.06. The highest BCUT2D eigenvalue weighted by Crippen LogP contribution is 2.15. The minimum absolute atomic E-state index is 0.0930. The summed E-state index contributed by atoms with van der Waals surface area (Å²) < 4.78 is 20.9. The van der Waals surface area contributed by atoms with Crippen LogP contribution in [0.4, 0.5) is 0 Å². The van der Waals surface area contributed by atoms with Gasteiger partial charge in [0.2, 0.25) is 11.8 Å². The summed E-state index contributed by atoms with van der Waals surface area (Å²) in [6.45, 7) is 4.04. The number of benzene rings is 1.